The molecule has 1 unspecified atom stereocenters. The third-order valence-corrected chi connectivity index (χ3v) is 1.99. The molecule has 2 atom stereocenters. The van der Waals surface area contributed by atoms with Gasteiger partial charge in [0.2, 0.25) is 0 Å². The predicted octanol–water partition coefficient (Wildman–Crippen LogP) is -0.406. The lowest BCUT2D eigenvalue weighted by molar-refractivity contribution is -0.139. The highest BCUT2D eigenvalue weighted by molar-refractivity contribution is 5.72. The zero-order chi connectivity index (χ0) is 9.68. The van der Waals surface area contributed by atoms with Crippen LogP contribution in [0.5, 0.6) is 0 Å². The molecule has 1 aliphatic rings. The van der Waals surface area contributed by atoms with Crippen LogP contribution < -0.4 is 5.73 Å². The molecule has 3 N–H and O–H groups in total. The average molecular weight is 189 g/mol. The van der Waals surface area contributed by atoms with Gasteiger partial charge in [0, 0.05) is 13.2 Å². The highest BCUT2D eigenvalue weighted by Gasteiger charge is 2.17. The van der Waals surface area contributed by atoms with E-state index in [1.165, 1.54) is 0 Å². The van der Waals surface area contributed by atoms with Gasteiger partial charge in [-0.2, -0.15) is 0 Å². The van der Waals surface area contributed by atoms with Crippen LogP contribution in [0, 0.1) is 0 Å². The molecule has 1 saturated heterocycles. The average Bonchev–Trinajstić information content (AvgIpc) is 2.56. The van der Waals surface area contributed by atoms with E-state index in [2.05, 4.69) is 0 Å². The van der Waals surface area contributed by atoms with Crippen LogP contribution >= 0.6 is 0 Å². The molecule has 0 amide bonds. The van der Waals surface area contributed by atoms with Gasteiger partial charge in [0.15, 0.2) is 0 Å². The second-order valence-electron chi connectivity index (χ2n) is 3.09. The molecule has 0 radical (unpaired) electrons. The van der Waals surface area contributed by atoms with E-state index in [-0.39, 0.29) is 6.10 Å². The topological polar surface area (TPSA) is 81.8 Å². The summed E-state index contributed by atoms with van der Waals surface area (Å²) in [6.07, 6.45) is 1.37. The van der Waals surface area contributed by atoms with Crippen LogP contribution in [0.3, 0.4) is 0 Å². The van der Waals surface area contributed by atoms with Crippen molar-refractivity contribution in [1.29, 1.82) is 0 Å². The maximum absolute atomic E-state index is 10.3. The number of aliphatic carboxylic acids is 1. The smallest absolute Gasteiger partial charge is 0.320 e. The molecule has 1 aliphatic heterocycles. The van der Waals surface area contributed by atoms with Crippen LogP contribution in [-0.4, -0.2) is 43.0 Å². The standard InChI is InChI=1S/C8H15NO4/c9-7(8(10)11)2-4-13-6-1-3-12-5-6/h6-7H,1-5,9H2,(H,10,11)/t6?,7-/m1/s1. The van der Waals surface area contributed by atoms with Crippen molar-refractivity contribution in [2.45, 2.75) is 25.0 Å². The molecule has 76 valence electrons. The van der Waals surface area contributed by atoms with Gasteiger partial charge in [-0.1, -0.05) is 0 Å². The van der Waals surface area contributed by atoms with Gasteiger partial charge in [-0.3, -0.25) is 4.79 Å². The molecule has 0 aromatic heterocycles. The van der Waals surface area contributed by atoms with Gasteiger partial charge in [-0.15, -0.1) is 0 Å². The number of nitrogens with two attached hydrogens (primary N) is 1. The Bertz CT molecular complexity index is 168. The van der Waals surface area contributed by atoms with Gasteiger partial charge < -0.3 is 20.3 Å². The molecule has 5 nitrogen and oxygen atoms in total. The molecule has 0 bridgehead atoms. The maximum atomic E-state index is 10.3. The summed E-state index contributed by atoms with van der Waals surface area (Å²) in [6, 6.07) is -0.817. The Balaban J connectivity index is 2.02. The fraction of sp³-hybridized carbons (Fsp3) is 0.875. The Morgan fingerprint density at radius 2 is 2.54 bits per heavy atom. The molecule has 5 heteroatoms. The Hall–Kier alpha value is -0.650. The molecule has 0 aliphatic carbocycles. The van der Waals surface area contributed by atoms with Crippen LogP contribution in [0.15, 0.2) is 0 Å². The first-order valence-corrected chi connectivity index (χ1v) is 4.38. The van der Waals surface area contributed by atoms with E-state index in [0.29, 0.717) is 19.6 Å². The lowest BCUT2D eigenvalue weighted by Crippen LogP contribution is -2.32. The lowest BCUT2D eigenvalue weighted by Gasteiger charge is -2.10. The second-order valence-corrected chi connectivity index (χ2v) is 3.09. The quantitative estimate of drug-likeness (QED) is 0.614. The molecule has 0 spiro atoms. The van der Waals surface area contributed by atoms with E-state index in [9.17, 15) is 4.79 Å². The van der Waals surface area contributed by atoms with Crippen molar-refractivity contribution in [1.82, 2.24) is 0 Å². The van der Waals surface area contributed by atoms with Crippen molar-refractivity contribution in [3.05, 3.63) is 0 Å². The first-order valence-electron chi connectivity index (χ1n) is 4.38. The minimum absolute atomic E-state index is 0.126. The fourth-order valence-corrected chi connectivity index (χ4v) is 1.13. The molecule has 13 heavy (non-hydrogen) atoms. The number of hydrogen-bond acceptors (Lipinski definition) is 4. The summed E-state index contributed by atoms with van der Waals surface area (Å²) in [5, 5.41) is 8.47. The van der Waals surface area contributed by atoms with Gasteiger partial charge >= 0.3 is 5.97 Å². The number of carboxylic acid groups (broad SMARTS) is 1. The van der Waals surface area contributed by atoms with Crippen LogP contribution in [0.25, 0.3) is 0 Å². The summed E-state index contributed by atoms with van der Waals surface area (Å²) >= 11 is 0. The molecule has 0 aromatic rings. The highest BCUT2D eigenvalue weighted by atomic mass is 16.5. The normalized spacial score (nSPS) is 24.5. The van der Waals surface area contributed by atoms with Crippen molar-refractivity contribution < 1.29 is 19.4 Å². The molecular formula is C8H15NO4. The first kappa shape index (κ1) is 10.4. The van der Waals surface area contributed by atoms with Crippen molar-refractivity contribution in [2.24, 2.45) is 5.73 Å². The summed E-state index contributed by atoms with van der Waals surface area (Å²) in [6.45, 7) is 1.74. The third-order valence-electron chi connectivity index (χ3n) is 1.99. The fourth-order valence-electron chi connectivity index (χ4n) is 1.13. The largest absolute Gasteiger partial charge is 0.480 e. The molecule has 1 rings (SSSR count). The summed E-state index contributed by atoms with van der Waals surface area (Å²) < 4.78 is 10.4. The van der Waals surface area contributed by atoms with E-state index < -0.39 is 12.0 Å². The van der Waals surface area contributed by atoms with Crippen molar-refractivity contribution >= 4 is 5.97 Å². The number of carbonyl (C=O) groups is 1. The monoisotopic (exact) mass is 189 g/mol. The molecular weight excluding hydrogens is 174 g/mol. The maximum Gasteiger partial charge on any atom is 0.320 e. The van der Waals surface area contributed by atoms with E-state index in [0.717, 1.165) is 13.0 Å². The van der Waals surface area contributed by atoms with Gasteiger partial charge in [0.05, 0.1) is 12.7 Å². The number of hydrogen-bond donors (Lipinski definition) is 2. The Morgan fingerprint density at radius 3 is 3.08 bits per heavy atom. The van der Waals surface area contributed by atoms with Crippen molar-refractivity contribution in [3.8, 4) is 0 Å². The summed E-state index contributed by atoms with van der Waals surface area (Å²) in [5.74, 6) is -0.980. The Kier molecular flexibility index (Phi) is 4.14. The SMILES string of the molecule is N[C@H](CCOC1CCOC1)C(=O)O. The van der Waals surface area contributed by atoms with Crippen molar-refractivity contribution in [3.63, 3.8) is 0 Å². The molecule has 1 fully saturated rings. The minimum Gasteiger partial charge on any atom is -0.480 e. The zero-order valence-electron chi connectivity index (χ0n) is 7.44. The van der Waals surface area contributed by atoms with Gasteiger partial charge in [0.25, 0.3) is 0 Å². The van der Waals surface area contributed by atoms with Crippen molar-refractivity contribution in [2.75, 3.05) is 19.8 Å². The third kappa shape index (κ3) is 3.71. The van der Waals surface area contributed by atoms with E-state index in [1.54, 1.807) is 0 Å². The Morgan fingerprint density at radius 1 is 1.77 bits per heavy atom. The van der Waals surface area contributed by atoms with E-state index in [1.807, 2.05) is 0 Å². The second kappa shape index (κ2) is 5.16. The Labute approximate surface area is 76.8 Å². The summed E-state index contributed by atoms with van der Waals surface area (Å²) in [5.41, 5.74) is 5.29. The van der Waals surface area contributed by atoms with Gasteiger partial charge in [-0.25, -0.2) is 0 Å². The van der Waals surface area contributed by atoms with Crippen LogP contribution in [0.4, 0.5) is 0 Å². The van der Waals surface area contributed by atoms with E-state index in [4.69, 9.17) is 20.3 Å². The summed E-state index contributed by atoms with van der Waals surface area (Å²) in [7, 11) is 0. The first-order chi connectivity index (χ1) is 6.20. The van der Waals surface area contributed by atoms with Crippen LogP contribution in [-0.2, 0) is 14.3 Å². The van der Waals surface area contributed by atoms with Gasteiger partial charge in [0.1, 0.15) is 6.04 Å². The highest BCUT2D eigenvalue weighted by Crippen LogP contribution is 2.08. The zero-order valence-corrected chi connectivity index (χ0v) is 7.44. The predicted molar refractivity (Wildman–Crippen MR) is 45.4 cm³/mol. The molecule has 0 aromatic carbocycles. The number of carboxylic acids is 1. The summed E-state index contributed by atoms with van der Waals surface area (Å²) in [4.78, 5) is 10.3. The molecule has 1 heterocycles. The van der Waals surface area contributed by atoms with Crippen LogP contribution in [0.2, 0.25) is 0 Å². The number of rotatable bonds is 5. The minimum atomic E-state index is -0.980. The molecule has 0 saturated carbocycles. The number of ether oxygens (including phenoxy) is 2. The van der Waals surface area contributed by atoms with E-state index >= 15 is 0 Å². The van der Waals surface area contributed by atoms with Gasteiger partial charge in [-0.05, 0) is 12.8 Å². The lowest BCUT2D eigenvalue weighted by atomic mass is 10.2. The van der Waals surface area contributed by atoms with Crippen LogP contribution in [0.1, 0.15) is 12.8 Å².